The van der Waals surface area contributed by atoms with E-state index in [2.05, 4.69) is 45.2 Å². The van der Waals surface area contributed by atoms with E-state index < -0.39 is 0 Å². The first-order valence-electron chi connectivity index (χ1n) is 10.0. The molecule has 1 saturated heterocycles. The maximum Gasteiger partial charge on any atom is 0.194 e. The van der Waals surface area contributed by atoms with E-state index in [0.29, 0.717) is 6.54 Å². The number of guanidine groups is 1. The Morgan fingerprint density at radius 1 is 1.21 bits per heavy atom. The molecular formula is C22H32IN5O. The molecule has 0 amide bonds. The van der Waals surface area contributed by atoms with E-state index in [1.54, 1.807) is 7.11 Å². The van der Waals surface area contributed by atoms with E-state index in [0.717, 1.165) is 54.8 Å². The lowest BCUT2D eigenvalue weighted by Crippen LogP contribution is -2.38. The number of aromatic nitrogens is 1. The Balaban J connectivity index is 0.00000300. The lowest BCUT2D eigenvalue weighted by atomic mass is 10.2. The average Bonchev–Trinajstić information content (AvgIpc) is 3.26. The minimum absolute atomic E-state index is 0. The zero-order chi connectivity index (χ0) is 19.8. The van der Waals surface area contributed by atoms with Crippen molar-refractivity contribution in [2.24, 2.45) is 4.99 Å². The number of para-hydroxylation sites is 1. The Morgan fingerprint density at radius 2 is 1.97 bits per heavy atom. The van der Waals surface area contributed by atoms with Crippen LogP contribution in [0, 0.1) is 0 Å². The molecule has 2 heterocycles. The fourth-order valence-corrected chi connectivity index (χ4v) is 3.44. The van der Waals surface area contributed by atoms with Crippen LogP contribution in [-0.2, 0) is 13.1 Å². The zero-order valence-electron chi connectivity index (χ0n) is 17.6. The van der Waals surface area contributed by atoms with Crippen molar-refractivity contribution in [1.82, 2.24) is 15.2 Å². The van der Waals surface area contributed by atoms with Crippen molar-refractivity contribution in [2.75, 3.05) is 38.7 Å². The number of rotatable bonds is 7. The molecule has 3 rings (SSSR count). The number of halogens is 1. The standard InChI is InChI=1S/C22H31N5O.HI/c1-4-23-22(26(2)17-19-9-5-6-10-20(19)28-3)25-16-18-11-12-21(24-15-18)27-13-7-8-14-27;/h5-6,9-12,15H,4,7-8,13-14,16-17H2,1-3H3,(H,23,25);1H. The molecule has 0 unspecified atom stereocenters. The first kappa shape index (κ1) is 23.3. The first-order valence-corrected chi connectivity index (χ1v) is 10.0. The van der Waals surface area contributed by atoms with Crippen LogP contribution in [0.1, 0.15) is 30.9 Å². The Hall–Kier alpha value is -2.03. The SMILES string of the molecule is CCNC(=NCc1ccc(N2CCCC2)nc1)N(C)Cc1ccccc1OC.I. The summed E-state index contributed by atoms with van der Waals surface area (Å²) < 4.78 is 5.47. The second-order valence-corrected chi connectivity index (χ2v) is 7.06. The molecule has 2 aromatic rings. The van der Waals surface area contributed by atoms with Gasteiger partial charge < -0.3 is 19.9 Å². The van der Waals surface area contributed by atoms with Crippen LogP contribution >= 0.6 is 24.0 Å². The van der Waals surface area contributed by atoms with E-state index >= 15 is 0 Å². The summed E-state index contributed by atoms with van der Waals surface area (Å²) in [5.41, 5.74) is 2.25. The number of aliphatic imine (C=N–C) groups is 1. The second-order valence-electron chi connectivity index (χ2n) is 7.06. The van der Waals surface area contributed by atoms with Gasteiger partial charge in [-0.3, -0.25) is 0 Å². The van der Waals surface area contributed by atoms with Crippen molar-refractivity contribution < 1.29 is 4.74 Å². The van der Waals surface area contributed by atoms with Crippen LogP contribution in [0.2, 0.25) is 0 Å². The lowest BCUT2D eigenvalue weighted by molar-refractivity contribution is 0.396. The number of anilines is 1. The Kier molecular flexibility index (Phi) is 9.50. The fraction of sp³-hybridized carbons (Fsp3) is 0.455. The highest BCUT2D eigenvalue weighted by atomic mass is 127. The summed E-state index contributed by atoms with van der Waals surface area (Å²) in [6, 6.07) is 12.3. The van der Waals surface area contributed by atoms with Gasteiger partial charge in [-0.05, 0) is 37.5 Å². The van der Waals surface area contributed by atoms with Crippen LogP contribution in [-0.4, -0.2) is 49.6 Å². The third-order valence-corrected chi connectivity index (χ3v) is 4.95. The third kappa shape index (κ3) is 6.48. The summed E-state index contributed by atoms with van der Waals surface area (Å²) in [7, 11) is 3.75. The molecule has 1 aromatic heterocycles. The topological polar surface area (TPSA) is 53.0 Å². The van der Waals surface area contributed by atoms with Gasteiger partial charge in [-0.2, -0.15) is 0 Å². The van der Waals surface area contributed by atoms with Gasteiger partial charge >= 0.3 is 0 Å². The van der Waals surface area contributed by atoms with Crippen LogP contribution in [0.15, 0.2) is 47.6 Å². The van der Waals surface area contributed by atoms with Gasteiger partial charge in [-0.1, -0.05) is 24.3 Å². The minimum Gasteiger partial charge on any atom is -0.496 e. The van der Waals surface area contributed by atoms with Crippen molar-refractivity contribution in [1.29, 1.82) is 0 Å². The van der Waals surface area contributed by atoms with Crippen LogP contribution in [0.25, 0.3) is 0 Å². The van der Waals surface area contributed by atoms with Crippen molar-refractivity contribution in [3.63, 3.8) is 0 Å². The van der Waals surface area contributed by atoms with Crippen molar-refractivity contribution in [3.05, 3.63) is 53.7 Å². The molecule has 0 bridgehead atoms. The van der Waals surface area contributed by atoms with Crippen molar-refractivity contribution in [2.45, 2.75) is 32.9 Å². The number of hydrogen-bond acceptors (Lipinski definition) is 4. The van der Waals surface area contributed by atoms with Gasteiger partial charge in [0.25, 0.3) is 0 Å². The maximum atomic E-state index is 5.47. The molecule has 0 spiro atoms. The third-order valence-electron chi connectivity index (χ3n) is 4.95. The van der Waals surface area contributed by atoms with Gasteiger partial charge in [0.2, 0.25) is 0 Å². The molecule has 158 valence electrons. The predicted molar refractivity (Wildman–Crippen MR) is 130 cm³/mol. The molecule has 0 aliphatic carbocycles. The highest BCUT2D eigenvalue weighted by molar-refractivity contribution is 14.0. The van der Waals surface area contributed by atoms with Gasteiger partial charge in [-0.15, -0.1) is 24.0 Å². The first-order chi connectivity index (χ1) is 13.7. The van der Waals surface area contributed by atoms with Crippen molar-refractivity contribution in [3.8, 4) is 5.75 Å². The van der Waals surface area contributed by atoms with E-state index in [1.807, 2.05) is 31.4 Å². The predicted octanol–water partition coefficient (Wildman–Crippen LogP) is 3.91. The lowest BCUT2D eigenvalue weighted by Gasteiger charge is -2.23. The zero-order valence-corrected chi connectivity index (χ0v) is 19.9. The molecule has 1 aliphatic rings. The fourth-order valence-electron chi connectivity index (χ4n) is 3.44. The van der Waals surface area contributed by atoms with Crippen LogP contribution in [0.4, 0.5) is 5.82 Å². The summed E-state index contributed by atoms with van der Waals surface area (Å²) >= 11 is 0. The highest BCUT2D eigenvalue weighted by Gasteiger charge is 2.13. The van der Waals surface area contributed by atoms with E-state index in [9.17, 15) is 0 Å². The van der Waals surface area contributed by atoms with E-state index in [4.69, 9.17) is 9.73 Å². The molecule has 6 nitrogen and oxygen atoms in total. The summed E-state index contributed by atoms with van der Waals surface area (Å²) in [6.07, 6.45) is 4.47. The van der Waals surface area contributed by atoms with Gasteiger partial charge in [0.05, 0.1) is 13.7 Å². The monoisotopic (exact) mass is 509 g/mol. The van der Waals surface area contributed by atoms with Gasteiger partial charge in [0.15, 0.2) is 5.96 Å². The number of ether oxygens (including phenoxy) is 1. The molecule has 29 heavy (non-hydrogen) atoms. The van der Waals surface area contributed by atoms with Crippen molar-refractivity contribution >= 4 is 35.8 Å². The van der Waals surface area contributed by atoms with Crippen LogP contribution in [0.5, 0.6) is 5.75 Å². The highest BCUT2D eigenvalue weighted by Crippen LogP contribution is 2.19. The normalized spacial score (nSPS) is 13.8. The molecule has 1 aliphatic heterocycles. The smallest absolute Gasteiger partial charge is 0.194 e. The van der Waals surface area contributed by atoms with E-state index in [-0.39, 0.29) is 24.0 Å². The number of benzene rings is 1. The number of nitrogens with one attached hydrogen (secondary N) is 1. The Bertz CT molecular complexity index is 775. The Labute approximate surface area is 191 Å². The van der Waals surface area contributed by atoms with Crippen LogP contribution < -0.4 is 15.0 Å². The number of nitrogens with zero attached hydrogens (tertiary/aromatic N) is 4. The number of methoxy groups -OCH3 is 1. The van der Waals surface area contributed by atoms with Crippen LogP contribution in [0.3, 0.4) is 0 Å². The summed E-state index contributed by atoms with van der Waals surface area (Å²) in [4.78, 5) is 13.9. The molecule has 1 fully saturated rings. The maximum absolute atomic E-state index is 5.47. The van der Waals surface area contributed by atoms with Gasteiger partial charge in [-0.25, -0.2) is 9.98 Å². The molecule has 1 aromatic carbocycles. The Morgan fingerprint density at radius 3 is 2.62 bits per heavy atom. The molecule has 0 atom stereocenters. The summed E-state index contributed by atoms with van der Waals surface area (Å²) in [6.45, 7) is 6.46. The average molecular weight is 509 g/mol. The van der Waals surface area contributed by atoms with Gasteiger partial charge in [0, 0.05) is 45.0 Å². The second kappa shape index (κ2) is 11.8. The number of hydrogen-bond donors (Lipinski definition) is 1. The van der Waals surface area contributed by atoms with E-state index in [1.165, 1.54) is 12.8 Å². The quantitative estimate of drug-likeness (QED) is 0.349. The molecule has 0 saturated carbocycles. The summed E-state index contributed by atoms with van der Waals surface area (Å²) in [5.74, 6) is 2.84. The molecule has 0 radical (unpaired) electrons. The summed E-state index contributed by atoms with van der Waals surface area (Å²) in [5, 5.41) is 3.37. The molecule has 7 heteroatoms. The number of pyridine rings is 1. The minimum atomic E-state index is 0. The largest absolute Gasteiger partial charge is 0.496 e. The van der Waals surface area contributed by atoms with Gasteiger partial charge in [0.1, 0.15) is 11.6 Å². The molecule has 1 N–H and O–H groups in total. The molecular weight excluding hydrogens is 477 g/mol.